The molecule has 0 radical (unpaired) electrons. The van der Waals surface area contributed by atoms with Gasteiger partial charge in [-0.3, -0.25) is 9.59 Å². The van der Waals surface area contributed by atoms with Crippen LogP contribution in [0, 0.1) is 0 Å². The van der Waals surface area contributed by atoms with Crippen LogP contribution in [0.15, 0.2) is 52.1 Å². The summed E-state index contributed by atoms with van der Waals surface area (Å²) in [5, 5.41) is 25.5. The molecule has 1 atom stereocenters. The van der Waals surface area contributed by atoms with E-state index in [2.05, 4.69) is 10.6 Å². The molecule has 0 spiro atoms. The van der Waals surface area contributed by atoms with Gasteiger partial charge in [0.2, 0.25) is 0 Å². The highest BCUT2D eigenvalue weighted by Crippen LogP contribution is 2.29. The first kappa shape index (κ1) is 18.5. The van der Waals surface area contributed by atoms with Gasteiger partial charge in [0.15, 0.2) is 0 Å². The molecule has 0 aliphatic heterocycles. The molecule has 0 aliphatic carbocycles. The normalized spacial score (nSPS) is 12.1. The summed E-state index contributed by atoms with van der Waals surface area (Å²) in [7, 11) is 0. The fourth-order valence-corrected chi connectivity index (χ4v) is 3.02. The minimum Gasteiger partial charge on any atom is -0.508 e. The number of rotatable bonds is 7. The average molecular weight is 366 g/mol. The van der Waals surface area contributed by atoms with Gasteiger partial charge in [-0.15, -0.1) is 0 Å². The summed E-state index contributed by atoms with van der Waals surface area (Å²) in [6.07, 6.45) is 1.60. The molecule has 3 aromatic carbocycles. The second-order valence-corrected chi connectivity index (χ2v) is 6.59. The van der Waals surface area contributed by atoms with Crippen LogP contribution in [0.1, 0.15) is 37.4 Å². The van der Waals surface area contributed by atoms with Crippen molar-refractivity contribution in [1.29, 1.82) is 0 Å². The first-order chi connectivity index (χ1) is 12.9. The Hall–Kier alpha value is -3.28. The van der Waals surface area contributed by atoms with Gasteiger partial charge >= 0.3 is 0 Å². The third kappa shape index (κ3) is 3.79. The molecular weight excluding hydrogens is 344 g/mol. The highest BCUT2D eigenvalue weighted by atomic mass is 16.3. The van der Waals surface area contributed by atoms with Crippen LogP contribution < -0.4 is 21.5 Å². The Kier molecular flexibility index (Phi) is 5.16. The topological polar surface area (TPSA) is 98.7 Å². The average Bonchev–Trinajstić information content (AvgIpc) is 2.66. The van der Waals surface area contributed by atoms with Crippen LogP contribution in [0.2, 0.25) is 0 Å². The lowest BCUT2D eigenvalue weighted by Gasteiger charge is -2.20. The lowest BCUT2D eigenvalue weighted by atomic mass is 10.1. The number of aromatic hydroxyl groups is 2. The Morgan fingerprint density at radius 1 is 1.00 bits per heavy atom. The Labute approximate surface area is 156 Å². The van der Waals surface area contributed by atoms with E-state index in [-0.39, 0.29) is 28.9 Å². The van der Waals surface area contributed by atoms with E-state index in [4.69, 9.17) is 0 Å². The molecule has 0 bridgehead atoms. The fraction of sp³-hybridized carbons (Fsp3) is 0.238. The van der Waals surface area contributed by atoms with Gasteiger partial charge in [0.25, 0.3) is 10.9 Å². The minimum atomic E-state index is -0.578. The maximum absolute atomic E-state index is 12.0. The van der Waals surface area contributed by atoms with Crippen molar-refractivity contribution in [3.8, 4) is 11.5 Å². The maximum Gasteiger partial charge on any atom is 0.253 e. The van der Waals surface area contributed by atoms with Gasteiger partial charge < -0.3 is 20.8 Å². The standard InChI is InChI=1S/C21H22N2O4/c1-3-5-14-10-15(8-9-17(14)25)23-19-18(20(26)21(19)27)22-12(2)13-6-4-7-16(24)11-13/h4,6-12,22-25H,3,5H2,1-2H3/t12-/m1/s1. The van der Waals surface area contributed by atoms with Gasteiger partial charge in [-0.25, -0.2) is 0 Å². The SMILES string of the molecule is CCCc1cc(Nc2c(N[C@H](C)c3cccc(O)c3)c(=O)c2=O)ccc1O. The van der Waals surface area contributed by atoms with E-state index in [0.29, 0.717) is 12.1 Å². The van der Waals surface area contributed by atoms with Gasteiger partial charge in [-0.05, 0) is 54.8 Å². The molecule has 0 heterocycles. The summed E-state index contributed by atoms with van der Waals surface area (Å²) >= 11 is 0. The molecule has 0 amide bonds. The molecule has 0 aromatic heterocycles. The van der Waals surface area contributed by atoms with Crippen molar-refractivity contribution >= 4 is 17.1 Å². The van der Waals surface area contributed by atoms with Crippen LogP contribution in [-0.2, 0) is 6.42 Å². The molecule has 0 saturated carbocycles. The van der Waals surface area contributed by atoms with Crippen molar-refractivity contribution in [2.45, 2.75) is 32.7 Å². The van der Waals surface area contributed by atoms with Gasteiger partial charge in [0.1, 0.15) is 22.9 Å². The summed E-state index contributed by atoms with van der Waals surface area (Å²) in [6, 6.07) is 11.5. The van der Waals surface area contributed by atoms with Gasteiger partial charge in [-0.2, -0.15) is 0 Å². The van der Waals surface area contributed by atoms with Crippen LogP contribution in [0.4, 0.5) is 17.1 Å². The predicted molar refractivity (Wildman–Crippen MR) is 107 cm³/mol. The van der Waals surface area contributed by atoms with E-state index in [1.807, 2.05) is 19.9 Å². The van der Waals surface area contributed by atoms with Crippen molar-refractivity contribution in [3.63, 3.8) is 0 Å². The molecule has 4 N–H and O–H groups in total. The molecule has 3 rings (SSSR count). The van der Waals surface area contributed by atoms with Crippen LogP contribution in [0.3, 0.4) is 0 Å². The third-order valence-corrected chi connectivity index (χ3v) is 4.51. The number of aryl methyl sites for hydroxylation is 1. The number of phenols is 2. The van der Waals surface area contributed by atoms with Gasteiger partial charge in [0.05, 0.1) is 0 Å². The van der Waals surface area contributed by atoms with Crippen molar-refractivity contribution < 1.29 is 10.2 Å². The number of phenolic OH excluding ortho intramolecular Hbond substituents is 2. The van der Waals surface area contributed by atoms with Crippen molar-refractivity contribution in [2.24, 2.45) is 0 Å². The van der Waals surface area contributed by atoms with E-state index in [9.17, 15) is 19.8 Å². The summed E-state index contributed by atoms with van der Waals surface area (Å²) in [4.78, 5) is 24.0. The molecule has 27 heavy (non-hydrogen) atoms. The first-order valence-electron chi connectivity index (χ1n) is 8.88. The highest BCUT2D eigenvalue weighted by molar-refractivity contribution is 5.79. The second kappa shape index (κ2) is 7.53. The van der Waals surface area contributed by atoms with Gasteiger partial charge in [0, 0.05) is 11.7 Å². The number of benzene rings is 2. The van der Waals surface area contributed by atoms with Crippen LogP contribution >= 0.6 is 0 Å². The van der Waals surface area contributed by atoms with Gasteiger partial charge in [-0.1, -0.05) is 25.5 Å². The van der Waals surface area contributed by atoms with E-state index in [1.54, 1.807) is 36.4 Å². The maximum atomic E-state index is 12.0. The first-order valence-corrected chi connectivity index (χ1v) is 8.88. The van der Waals surface area contributed by atoms with E-state index >= 15 is 0 Å². The monoisotopic (exact) mass is 366 g/mol. The Balaban J connectivity index is 1.83. The molecule has 3 aromatic rings. The molecule has 0 saturated heterocycles. The van der Waals surface area contributed by atoms with Crippen LogP contribution in [-0.4, -0.2) is 10.2 Å². The lowest BCUT2D eigenvalue weighted by molar-refractivity contribution is 0.467. The van der Waals surface area contributed by atoms with E-state index in [0.717, 1.165) is 17.5 Å². The van der Waals surface area contributed by atoms with Crippen LogP contribution in [0.25, 0.3) is 0 Å². The zero-order chi connectivity index (χ0) is 19.6. The smallest absolute Gasteiger partial charge is 0.253 e. The second-order valence-electron chi connectivity index (χ2n) is 6.59. The summed E-state index contributed by atoms with van der Waals surface area (Å²) < 4.78 is 0. The molecule has 0 fully saturated rings. The Bertz CT molecular complexity index is 1040. The molecule has 6 nitrogen and oxygen atoms in total. The van der Waals surface area contributed by atoms with E-state index < -0.39 is 10.9 Å². The Morgan fingerprint density at radius 2 is 1.74 bits per heavy atom. The quantitative estimate of drug-likeness (QED) is 0.377. The third-order valence-electron chi connectivity index (χ3n) is 4.51. The molecular formula is C21H22N2O4. The van der Waals surface area contributed by atoms with Crippen LogP contribution in [0.5, 0.6) is 11.5 Å². The molecule has 0 unspecified atom stereocenters. The lowest BCUT2D eigenvalue weighted by Crippen LogP contribution is -2.37. The molecule has 140 valence electrons. The predicted octanol–water partition coefficient (Wildman–Crippen LogP) is 3.56. The Morgan fingerprint density at radius 3 is 2.44 bits per heavy atom. The zero-order valence-corrected chi connectivity index (χ0v) is 15.2. The largest absolute Gasteiger partial charge is 0.508 e. The van der Waals surface area contributed by atoms with E-state index in [1.165, 1.54) is 0 Å². The molecule has 6 heteroatoms. The number of anilines is 3. The fourth-order valence-electron chi connectivity index (χ4n) is 3.02. The molecule has 0 aliphatic rings. The number of nitrogens with one attached hydrogen (secondary N) is 2. The summed E-state index contributed by atoms with van der Waals surface area (Å²) in [5.41, 5.74) is 1.49. The summed E-state index contributed by atoms with van der Waals surface area (Å²) in [6.45, 7) is 3.86. The zero-order valence-electron chi connectivity index (χ0n) is 15.2. The minimum absolute atomic E-state index is 0.136. The van der Waals surface area contributed by atoms with Crippen molar-refractivity contribution in [3.05, 3.63) is 74.0 Å². The number of hydrogen-bond donors (Lipinski definition) is 4. The van der Waals surface area contributed by atoms with Crippen molar-refractivity contribution in [2.75, 3.05) is 10.6 Å². The highest BCUT2D eigenvalue weighted by Gasteiger charge is 2.23. The number of hydrogen-bond acceptors (Lipinski definition) is 6. The summed E-state index contributed by atoms with van der Waals surface area (Å²) in [5.74, 6) is 0.347. The van der Waals surface area contributed by atoms with Crippen molar-refractivity contribution in [1.82, 2.24) is 0 Å².